The summed E-state index contributed by atoms with van der Waals surface area (Å²) in [6, 6.07) is 14.1. The van der Waals surface area contributed by atoms with Crippen LogP contribution >= 0.6 is 27.5 Å². The van der Waals surface area contributed by atoms with Crippen molar-refractivity contribution in [3.8, 4) is 11.4 Å². The van der Waals surface area contributed by atoms with Crippen LogP contribution in [0.2, 0.25) is 5.02 Å². The van der Waals surface area contributed by atoms with Crippen molar-refractivity contribution in [2.75, 3.05) is 0 Å². The highest BCUT2D eigenvalue weighted by atomic mass is 79.9. The molecule has 0 saturated carbocycles. The van der Waals surface area contributed by atoms with Crippen LogP contribution < -0.4 is 5.32 Å². The Kier molecular flexibility index (Phi) is 6.36. The van der Waals surface area contributed by atoms with E-state index >= 15 is 0 Å². The Balaban J connectivity index is 1.47. The van der Waals surface area contributed by atoms with Gasteiger partial charge in [-0.2, -0.15) is 4.98 Å². The number of carbonyl (C=O) groups is 2. The van der Waals surface area contributed by atoms with Gasteiger partial charge in [-0.25, -0.2) is 0 Å². The minimum Gasteiger partial charge on any atom is -0.347 e. The minimum absolute atomic E-state index is 0.0829. The van der Waals surface area contributed by atoms with Crippen molar-refractivity contribution in [3.63, 3.8) is 0 Å². The fraction of sp³-hybridized carbons (Fsp3) is 0.158. The van der Waals surface area contributed by atoms with E-state index in [4.69, 9.17) is 16.1 Å². The zero-order valence-electron chi connectivity index (χ0n) is 14.1. The highest BCUT2D eigenvalue weighted by molar-refractivity contribution is 9.10. The normalized spacial score (nSPS) is 10.6. The Hall–Kier alpha value is -2.51. The highest BCUT2D eigenvalue weighted by Crippen LogP contribution is 2.18. The van der Waals surface area contributed by atoms with Crippen LogP contribution in [0.4, 0.5) is 0 Å². The lowest BCUT2D eigenvalue weighted by Crippen LogP contribution is -2.23. The molecule has 0 atom stereocenters. The molecule has 0 radical (unpaired) electrons. The smallest absolute Gasteiger partial charge is 0.246 e. The number of halogens is 2. The molecule has 0 fully saturated rings. The molecule has 3 rings (SSSR count). The van der Waals surface area contributed by atoms with E-state index in [1.54, 1.807) is 48.5 Å². The van der Waals surface area contributed by atoms with Crippen molar-refractivity contribution in [1.82, 2.24) is 15.5 Å². The number of Topliss-reactive ketones (excluding diaryl/α,β-unsaturated/α-hetero) is 1. The van der Waals surface area contributed by atoms with E-state index in [0.29, 0.717) is 16.4 Å². The third-order valence-electron chi connectivity index (χ3n) is 3.75. The summed E-state index contributed by atoms with van der Waals surface area (Å²) in [7, 11) is 0. The van der Waals surface area contributed by atoms with Crippen LogP contribution in [-0.2, 0) is 11.3 Å². The average molecular weight is 449 g/mol. The fourth-order valence-electron chi connectivity index (χ4n) is 2.31. The molecule has 0 bridgehead atoms. The number of rotatable bonds is 7. The molecule has 0 unspecified atom stereocenters. The van der Waals surface area contributed by atoms with Gasteiger partial charge in [0.15, 0.2) is 5.78 Å². The summed E-state index contributed by atoms with van der Waals surface area (Å²) in [6.07, 6.45) is 0.223. The van der Waals surface area contributed by atoms with Gasteiger partial charge in [-0.3, -0.25) is 9.59 Å². The van der Waals surface area contributed by atoms with E-state index in [9.17, 15) is 9.59 Å². The largest absolute Gasteiger partial charge is 0.347 e. The van der Waals surface area contributed by atoms with Crippen LogP contribution in [0.5, 0.6) is 0 Å². The number of nitrogens with zero attached hydrogens (tertiary/aromatic N) is 2. The molecular weight excluding hydrogens is 434 g/mol. The Morgan fingerprint density at radius 3 is 2.44 bits per heavy atom. The molecule has 1 N–H and O–H groups in total. The molecule has 2 aromatic carbocycles. The first-order valence-electron chi connectivity index (χ1n) is 8.15. The Labute approximate surface area is 169 Å². The van der Waals surface area contributed by atoms with Gasteiger partial charge in [0.25, 0.3) is 0 Å². The molecule has 0 saturated heterocycles. The molecule has 1 aromatic heterocycles. The standard InChI is InChI=1S/C19H15BrClN3O3/c20-14-5-1-12(2-6-14)16(25)9-10-17(26)22-11-18-23-19(24-27-18)13-3-7-15(21)8-4-13/h1-8H,9-11H2,(H,22,26). The maximum Gasteiger partial charge on any atom is 0.246 e. The summed E-state index contributed by atoms with van der Waals surface area (Å²) in [5.41, 5.74) is 1.34. The van der Waals surface area contributed by atoms with E-state index < -0.39 is 0 Å². The van der Waals surface area contributed by atoms with Gasteiger partial charge in [0.2, 0.25) is 17.6 Å². The summed E-state index contributed by atoms with van der Waals surface area (Å²) in [4.78, 5) is 28.2. The van der Waals surface area contributed by atoms with E-state index in [1.165, 1.54) is 0 Å². The van der Waals surface area contributed by atoms with Crippen LogP contribution in [-0.4, -0.2) is 21.8 Å². The molecule has 138 valence electrons. The number of hydrogen-bond donors (Lipinski definition) is 1. The first-order valence-corrected chi connectivity index (χ1v) is 9.32. The number of hydrogen-bond acceptors (Lipinski definition) is 5. The number of ketones is 1. The first kappa shape index (κ1) is 19.3. The van der Waals surface area contributed by atoms with Gasteiger partial charge >= 0.3 is 0 Å². The lowest BCUT2D eigenvalue weighted by molar-refractivity contribution is -0.121. The van der Waals surface area contributed by atoms with Crippen LogP contribution in [0.25, 0.3) is 11.4 Å². The third-order valence-corrected chi connectivity index (χ3v) is 4.53. The zero-order valence-corrected chi connectivity index (χ0v) is 16.5. The number of benzene rings is 2. The van der Waals surface area contributed by atoms with Gasteiger partial charge in [-0.05, 0) is 36.4 Å². The zero-order chi connectivity index (χ0) is 19.2. The van der Waals surface area contributed by atoms with Gasteiger partial charge < -0.3 is 9.84 Å². The second-order valence-electron chi connectivity index (χ2n) is 5.73. The highest BCUT2D eigenvalue weighted by Gasteiger charge is 2.12. The Bertz CT molecular complexity index is 940. The topological polar surface area (TPSA) is 85.1 Å². The molecule has 3 aromatic rings. The van der Waals surface area contributed by atoms with Crippen molar-refractivity contribution in [2.24, 2.45) is 0 Å². The molecule has 0 aliphatic heterocycles. The third kappa shape index (κ3) is 5.48. The number of nitrogens with one attached hydrogen (secondary N) is 1. The molecule has 0 spiro atoms. The monoisotopic (exact) mass is 447 g/mol. The average Bonchev–Trinajstić information content (AvgIpc) is 3.14. The fourth-order valence-corrected chi connectivity index (χ4v) is 2.70. The summed E-state index contributed by atoms with van der Waals surface area (Å²) in [5, 5.41) is 7.17. The quantitative estimate of drug-likeness (QED) is 0.540. The van der Waals surface area contributed by atoms with Crippen molar-refractivity contribution < 1.29 is 14.1 Å². The lowest BCUT2D eigenvalue weighted by Gasteiger charge is -2.03. The summed E-state index contributed by atoms with van der Waals surface area (Å²) in [5.74, 6) is 0.362. The lowest BCUT2D eigenvalue weighted by atomic mass is 10.1. The molecule has 0 aliphatic carbocycles. The molecule has 1 amide bonds. The minimum atomic E-state index is -0.258. The number of carbonyl (C=O) groups excluding carboxylic acids is 2. The van der Waals surface area contributed by atoms with E-state index in [0.717, 1.165) is 10.0 Å². The van der Waals surface area contributed by atoms with Crippen LogP contribution in [0, 0.1) is 0 Å². The van der Waals surface area contributed by atoms with Gasteiger partial charge in [0.05, 0.1) is 6.54 Å². The second kappa shape index (κ2) is 8.92. The van der Waals surface area contributed by atoms with Gasteiger partial charge in [-0.15, -0.1) is 0 Å². The SMILES string of the molecule is O=C(CCC(=O)c1ccc(Br)cc1)NCc1nc(-c2ccc(Cl)cc2)no1. The van der Waals surface area contributed by atoms with Crippen LogP contribution in [0.3, 0.4) is 0 Å². The van der Waals surface area contributed by atoms with E-state index in [2.05, 4.69) is 31.4 Å². The van der Waals surface area contributed by atoms with Gasteiger partial charge in [0.1, 0.15) is 0 Å². The summed E-state index contributed by atoms with van der Waals surface area (Å²) in [6.45, 7) is 0.103. The first-order chi connectivity index (χ1) is 13.0. The van der Waals surface area contributed by atoms with E-state index in [1.807, 2.05) is 0 Å². The molecule has 1 heterocycles. The summed E-state index contributed by atoms with van der Waals surface area (Å²) < 4.78 is 6.02. The summed E-state index contributed by atoms with van der Waals surface area (Å²) >= 11 is 9.17. The van der Waals surface area contributed by atoms with Gasteiger partial charge in [-0.1, -0.05) is 44.8 Å². The van der Waals surface area contributed by atoms with Crippen LogP contribution in [0.1, 0.15) is 29.1 Å². The predicted octanol–water partition coefficient (Wildman–Crippen LogP) is 4.43. The molecule has 8 heteroatoms. The predicted molar refractivity (Wildman–Crippen MR) is 104 cm³/mol. The number of aromatic nitrogens is 2. The van der Waals surface area contributed by atoms with E-state index in [-0.39, 0.29) is 37.0 Å². The van der Waals surface area contributed by atoms with Crippen LogP contribution in [0.15, 0.2) is 57.5 Å². The molecule has 0 aliphatic rings. The Morgan fingerprint density at radius 2 is 1.74 bits per heavy atom. The molecular formula is C19H15BrClN3O3. The maximum absolute atomic E-state index is 12.1. The van der Waals surface area contributed by atoms with Crippen molar-refractivity contribution in [1.29, 1.82) is 0 Å². The van der Waals surface area contributed by atoms with Crippen molar-refractivity contribution in [3.05, 3.63) is 69.5 Å². The number of amides is 1. The molecule has 27 heavy (non-hydrogen) atoms. The van der Waals surface area contributed by atoms with Crippen molar-refractivity contribution >= 4 is 39.2 Å². The van der Waals surface area contributed by atoms with Gasteiger partial charge in [0, 0.05) is 33.5 Å². The second-order valence-corrected chi connectivity index (χ2v) is 7.08. The van der Waals surface area contributed by atoms with Crippen molar-refractivity contribution in [2.45, 2.75) is 19.4 Å². The molecule has 6 nitrogen and oxygen atoms in total. The Morgan fingerprint density at radius 1 is 1.04 bits per heavy atom. The maximum atomic E-state index is 12.1.